The zero-order chi connectivity index (χ0) is 14.4. The molecule has 1 rings (SSSR count). The predicted octanol–water partition coefficient (Wildman–Crippen LogP) is 1.37. The van der Waals surface area contributed by atoms with E-state index in [1.54, 1.807) is 6.92 Å². The van der Waals surface area contributed by atoms with Crippen molar-refractivity contribution >= 4 is 11.9 Å². The van der Waals surface area contributed by atoms with Gasteiger partial charge in [0.2, 0.25) is 5.91 Å². The molecule has 0 atom stereocenters. The maximum absolute atomic E-state index is 11.0. The van der Waals surface area contributed by atoms with Gasteiger partial charge < -0.3 is 15.3 Å². The van der Waals surface area contributed by atoms with Crippen molar-refractivity contribution in [1.29, 1.82) is 0 Å². The smallest absolute Gasteiger partial charge is 0.339 e. The lowest BCUT2D eigenvalue weighted by molar-refractivity contribution is -0.119. The first kappa shape index (κ1) is 15.2. The lowest BCUT2D eigenvalue weighted by Gasteiger charge is -2.18. The van der Waals surface area contributed by atoms with Crippen LogP contribution in [0.5, 0.6) is 0 Å². The summed E-state index contributed by atoms with van der Waals surface area (Å²) in [6.45, 7) is 4.92. The summed E-state index contributed by atoms with van der Waals surface area (Å²) in [5, 5.41) is 8.95. The molecule has 106 valence electrons. The zero-order valence-corrected chi connectivity index (χ0v) is 11.3. The summed E-state index contributed by atoms with van der Waals surface area (Å²) in [6.07, 6.45) is 1.95. The fourth-order valence-corrected chi connectivity index (χ4v) is 1.87. The van der Waals surface area contributed by atoms with Gasteiger partial charge in [0.25, 0.3) is 0 Å². The summed E-state index contributed by atoms with van der Waals surface area (Å²) in [5.74, 6) is -0.510. The molecule has 1 aromatic heterocycles. The lowest BCUT2D eigenvalue weighted by Crippen LogP contribution is -2.34. The monoisotopic (exact) mass is 268 g/mol. The number of aryl methyl sites for hydroxylation is 1. The van der Waals surface area contributed by atoms with E-state index < -0.39 is 11.9 Å². The molecule has 1 aromatic rings. The van der Waals surface area contributed by atoms with Gasteiger partial charge in [-0.3, -0.25) is 9.69 Å². The first-order valence-corrected chi connectivity index (χ1v) is 6.27. The second-order valence-corrected chi connectivity index (χ2v) is 4.52. The van der Waals surface area contributed by atoms with Gasteiger partial charge in [-0.1, -0.05) is 13.3 Å². The van der Waals surface area contributed by atoms with Gasteiger partial charge in [-0.2, -0.15) is 0 Å². The number of amides is 1. The Morgan fingerprint density at radius 2 is 2.16 bits per heavy atom. The van der Waals surface area contributed by atoms with Crippen molar-refractivity contribution in [3.05, 3.63) is 23.2 Å². The zero-order valence-electron chi connectivity index (χ0n) is 11.3. The Morgan fingerprint density at radius 3 is 2.63 bits per heavy atom. The topological polar surface area (TPSA) is 96.8 Å². The molecule has 1 amide bonds. The summed E-state index contributed by atoms with van der Waals surface area (Å²) in [5.41, 5.74) is 5.35. The Kier molecular flexibility index (Phi) is 5.57. The molecule has 0 bridgehead atoms. The number of furan rings is 1. The van der Waals surface area contributed by atoms with E-state index in [0.717, 1.165) is 19.4 Å². The maximum Gasteiger partial charge on any atom is 0.339 e. The third-order valence-corrected chi connectivity index (χ3v) is 2.79. The number of rotatable bonds is 8. The minimum atomic E-state index is -1.01. The fourth-order valence-electron chi connectivity index (χ4n) is 1.87. The first-order valence-electron chi connectivity index (χ1n) is 6.27. The van der Waals surface area contributed by atoms with Crippen LogP contribution in [0.4, 0.5) is 0 Å². The van der Waals surface area contributed by atoms with E-state index in [9.17, 15) is 9.59 Å². The van der Waals surface area contributed by atoms with Crippen LogP contribution < -0.4 is 5.73 Å². The lowest BCUT2D eigenvalue weighted by atomic mass is 10.2. The fraction of sp³-hybridized carbons (Fsp3) is 0.538. The van der Waals surface area contributed by atoms with Crippen LogP contribution in [0, 0.1) is 6.92 Å². The highest BCUT2D eigenvalue weighted by Gasteiger charge is 2.16. The Balaban J connectivity index is 2.74. The molecule has 0 aliphatic carbocycles. The van der Waals surface area contributed by atoms with Crippen molar-refractivity contribution in [2.75, 3.05) is 13.1 Å². The standard InChI is InChI=1S/C13H20N2O4/c1-3-4-5-15(8-12(14)16)7-10-6-11(13(17)18)9(2)19-10/h6H,3-5,7-8H2,1-2H3,(H2,14,16)(H,17,18). The van der Waals surface area contributed by atoms with Gasteiger partial charge in [0.15, 0.2) is 0 Å². The molecule has 1 heterocycles. The number of aromatic carboxylic acids is 1. The third kappa shape index (κ3) is 4.75. The summed E-state index contributed by atoms with van der Waals surface area (Å²) in [7, 11) is 0. The summed E-state index contributed by atoms with van der Waals surface area (Å²) < 4.78 is 5.39. The highest BCUT2D eigenvalue weighted by atomic mass is 16.4. The van der Waals surface area contributed by atoms with Gasteiger partial charge in [-0.05, 0) is 26.0 Å². The summed E-state index contributed by atoms with van der Waals surface area (Å²) in [4.78, 5) is 23.8. The number of unbranched alkanes of at least 4 members (excludes halogenated alkanes) is 1. The number of carboxylic acid groups (broad SMARTS) is 1. The van der Waals surface area contributed by atoms with Crippen molar-refractivity contribution in [1.82, 2.24) is 4.90 Å². The van der Waals surface area contributed by atoms with Gasteiger partial charge in [-0.15, -0.1) is 0 Å². The number of carbonyl (C=O) groups is 2. The molecular weight excluding hydrogens is 248 g/mol. The molecule has 0 saturated carbocycles. The molecule has 0 spiro atoms. The molecule has 6 heteroatoms. The molecular formula is C13H20N2O4. The average Bonchev–Trinajstić information content (AvgIpc) is 2.66. The molecule has 0 unspecified atom stereocenters. The van der Waals surface area contributed by atoms with Crippen LogP contribution in [0.15, 0.2) is 10.5 Å². The van der Waals surface area contributed by atoms with Gasteiger partial charge in [0.05, 0.1) is 13.1 Å². The van der Waals surface area contributed by atoms with Crippen molar-refractivity contribution in [2.45, 2.75) is 33.2 Å². The van der Waals surface area contributed by atoms with E-state index in [0.29, 0.717) is 18.1 Å². The van der Waals surface area contributed by atoms with Crippen molar-refractivity contribution < 1.29 is 19.1 Å². The average molecular weight is 268 g/mol. The van der Waals surface area contributed by atoms with Crippen LogP contribution in [0.25, 0.3) is 0 Å². The van der Waals surface area contributed by atoms with E-state index in [2.05, 4.69) is 6.92 Å². The highest BCUT2D eigenvalue weighted by molar-refractivity contribution is 5.88. The molecule has 0 radical (unpaired) electrons. The molecule has 0 aromatic carbocycles. The molecule has 6 nitrogen and oxygen atoms in total. The number of primary amides is 1. The Morgan fingerprint density at radius 1 is 1.47 bits per heavy atom. The molecule has 0 aliphatic rings. The number of hydrogen-bond acceptors (Lipinski definition) is 4. The summed E-state index contributed by atoms with van der Waals surface area (Å²) >= 11 is 0. The van der Waals surface area contributed by atoms with Crippen LogP contribution in [0.2, 0.25) is 0 Å². The molecule has 3 N–H and O–H groups in total. The largest absolute Gasteiger partial charge is 0.478 e. The van der Waals surface area contributed by atoms with Crippen LogP contribution in [-0.4, -0.2) is 35.0 Å². The quantitative estimate of drug-likeness (QED) is 0.742. The van der Waals surface area contributed by atoms with Crippen LogP contribution in [0.1, 0.15) is 41.6 Å². The Hall–Kier alpha value is -1.82. The Bertz CT molecular complexity index is 453. The predicted molar refractivity (Wildman–Crippen MR) is 69.8 cm³/mol. The number of carboxylic acids is 1. The van der Waals surface area contributed by atoms with Gasteiger partial charge in [-0.25, -0.2) is 4.79 Å². The van der Waals surface area contributed by atoms with Gasteiger partial charge in [0, 0.05) is 0 Å². The first-order chi connectivity index (χ1) is 8.93. The number of nitrogens with two attached hydrogens (primary N) is 1. The van der Waals surface area contributed by atoms with E-state index in [-0.39, 0.29) is 12.1 Å². The van der Waals surface area contributed by atoms with Crippen LogP contribution in [-0.2, 0) is 11.3 Å². The number of carbonyl (C=O) groups excluding carboxylic acids is 1. The maximum atomic E-state index is 11.0. The SMILES string of the molecule is CCCCN(CC(N)=O)Cc1cc(C(=O)O)c(C)o1. The van der Waals surface area contributed by atoms with Crippen molar-refractivity contribution in [3.63, 3.8) is 0 Å². The summed E-state index contributed by atoms with van der Waals surface area (Å²) in [6, 6.07) is 1.50. The third-order valence-electron chi connectivity index (χ3n) is 2.79. The molecule has 19 heavy (non-hydrogen) atoms. The second kappa shape index (κ2) is 6.94. The van der Waals surface area contributed by atoms with Crippen molar-refractivity contribution in [3.8, 4) is 0 Å². The number of nitrogens with zero attached hydrogens (tertiary/aromatic N) is 1. The minimum absolute atomic E-state index is 0.141. The van der Waals surface area contributed by atoms with Crippen molar-refractivity contribution in [2.24, 2.45) is 5.73 Å². The molecule has 0 aliphatic heterocycles. The van der Waals surface area contributed by atoms with Crippen LogP contribution in [0.3, 0.4) is 0 Å². The molecule has 0 fully saturated rings. The van der Waals surface area contributed by atoms with E-state index in [1.165, 1.54) is 6.07 Å². The van der Waals surface area contributed by atoms with E-state index >= 15 is 0 Å². The molecule has 0 saturated heterocycles. The highest BCUT2D eigenvalue weighted by Crippen LogP contribution is 2.16. The van der Waals surface area contributed by atoms with Gasteiger partial charge >= 0.3 is 5.97 Å². The van der Waals surface area contributed by atoms with E-state index in [4.69, 9.17) is 15.3 Å². The normalized spacial score (nSPS) is 10.9. The second-order valence-electron chi connectivity index (χ2n) is 4.52. The minimum Gasteiger partial charge on any atom is -0.478 e. The Labute approximate surface area is 112 Å². The number of hydrogen-bond donors (Lipinski definition) is 2. The van der Waals surface area contributed by atoms with Gasteiger partial charge in [0.1, 0.15) is 17.1 Å². The van der Waals surface area contributed by atoms with Crippen LogP contribution >= 0.6 is 0 Å². The van der Waals surface area contributed by atoms with E-state index in [1.807, 2.05) is 4.90 Å².